The number of rotatable bonds is 6. The lowest BCUT2D eigenvalue weighted by Crippen LogP contribution is -2.27. The lowest BCUT2D eigenvalue weighted by atomic mass is 9.81. The zero-order valence-corrected chi connectivity index (χ0v) is 13.6. The Balaban J connectivity index is 0.00000200. The van der Waals surface area contributed by atoms with Gasteiger partial charge in [0.25, 0.3) is 0 Å². The van der Waals surface area contributed by atoms with Gasteiger partial charge in [-0.2, -0.15) is 0 Å². The first-order valence-corrected chi connectivity index (χ1v) is 8.21. The predicted octanol–water partition coefficient (Wildman–Crippen LogP) is 3.13. The highest BCUT2D eigenvalue weighted by molar-refractivity contribution is 5.85. The van der Waals surface area contributed by atoms with Gasteiger partial charge in [-0.1, -0.05) is 26.2 Å². The molecule has 4 heteroatoms. The van der Waals surface area contributed by atoms with Gasteiger partial charge in [-0.15, -0.1) is 12.4 Å². The fraction of sp³-hybridized carbons (Fsp3) is 0.938. The van der Waals surface area contributed by atoms with E-state index in [1.54, 1.807) is 0 Å². The van der Waals surface area contributed by atoms with Gasteiger partial charge in [-0.05, 0) is 56.5 Å². The fourth-order valence-electron chi connectivity index (χ4n) is 3.62. The van der Waals surface area contributed by atoms with Gasteiger partial charge in [0.15, 0.2) is 0 Å². The molecule has 0 spiro atoms. The van der Waals surface area contributed by atoms with Gasteiger partial charge in [0.1, 0.15) is 0 Å². The molecule has 2 aliphatic rings. The summed E-state index contributed by atoms with van der Waals surface area (Å²) in [6.45, 7) is 5.49. The van der Waals surface area contributed by atoms with Crippen molar-refractivity contribution < 1.29 is 4.79 Å². The molecule has 118 valence electrons. The first-order valence-electron chi connectivity index (χ1n) is 8.21. The van der Waals surface area contributed by atoms with E-state index in [0.29, 0.717) is 6.42 Å². The van der Waals surface area contributed by atoms with E-state index in [9.17, 15) is 4.79 Å². The van der Waals surface area contributed by atoms with Gasteiger partial charge in [-0.3, -0.25) is 4.79 Å². The first kappa shape index (κ1) is 17.8. The van der Waals surface area contributed by atoms with E-state index >= 15 is 0 Å². The molecule has 1 aliphatic heterocycles. The second-order valence-electron chi connectivity index (χ2n) is 6.67. The number of halogens is 1. The Bertz CT molecular complexity index is 280. The Morgan fingerprint density at radius 3 is 2.75 bits per heavy atom. The van der Waals surface area contributed by atoms with Crippen molar-refractivity contribution in [1.82, 2.24) is 10.6 Å². The van der Waals surface area contributed by atoms with Gasteiger partial charge in [0.2, 0.25) is 5.91 Å². The summed E-state index contributed by atoms with van der Waals surface area (Å²) in [6, 6.07) is 0. The van der Waals surface area contributed by atoms with Crippen molar-refractivity contribution in [2.75, 3.05) is 19.6 Å². The highest BCUT2D eigenvalue weighted by Crippen LogP contribution is 2.30. The molecule has 1 aliphatic carbocycles. The number of hydrogen-bond acceptors (Lipinski definition) is 2. The van der Waals surface area contributed by atoms with Crippen LogP contribution in [-0.2, 0) is 4.79 Å². The zero-order valence-electron chi connectivity index (χ0n) is 12.8. The SMILES string of the molecule is CC1CCCC(CCNC(=O)CCC2CCNC2)C1.Cl. The fourth-order valence-corrected chi connectivity index (χ4v) is 3.62. The minimum atomic E-state index is 0. The van der Waals surface area contributed by atoms with E-state index in [0.717, 1.165) is 43.8 Å². The summed E-state index contributed by atoms with van der Waals surface area (Å²) in [5.74, 6) is 2.73. The minimum Gasteiger partial charge on any atom is -0.356 e. The first-order chi connectivity index (χ1) is 9.24. The monoisotopic (exact) mass is 302 g/mol. The van der Waals surface area contributed by atoms with E-state index in [2.05, 4.69) is 17.6 Å². The van der Waals surface area contributed by atoms with Gasteiger partial charge in [0, 0.05) is 13.0 Å². The standard InChI is InChI=1S/C16H30N2O.ClH/c1-13-3-2-4-14(11-13)8-10-18-16(19)6-5-15-7-9-17-12-15;/h13-15,17H,2-12H2,1H3,(H,18,19);1H. The molecule has 3 atom stereocenters. The van der Waals surface area contributed by atoms with E-state index in [-0.39, 0.29) is 18.3 Å². The van der Waals surface area contributed by atoms with Crippen molar-refractivity contribution in [3.8, 4) is 0 Å². The Hall–Kier alpha value is -0.280. The van der Waals surface area contributed by atoms with Crippen molar-refractivity contribution in [3.63, 3.8) is 0 Å². The molecule has 1 saturated heterocycles. The quantitative estimate of drug-likeness (QED) is 0.791. The van der Waals surface area contributed by atoms with Gasteiger partial charge in [-0.25, -0.2) is 0 Å². The Labute approximate surface area is 130 Å². The Morgan fingerprint density at radius 1 is 1.20 bits per heavy atom. The Morgan fingerprint density at radius 2 is 2.05 bits per heavy atom. The molecular formula is C16H31ClN2O. The molecule has 2 rings (SSSR count). The molecular weight excluding hydrogens is 272 g/mol. The average Bonchev–Trinajstić information content (AvgIpc) is 2.89. The summed E-state index contributed by atoms with van der Waals surface area (Å²) in [6.07, 6.45) is 9.71. The predicted molar refractivity (Wildman–Crippen MR) is 86.2 cm³/mol. The summed E-state index contributed by atoms with van der Waals surface area (Å²) in [5, 5.41) is 6.46. The van der Waals surface area contributed by atoms with Crippen molar-refractivity contribution in [2.24, 2.45) is 17.8 Å². The summed E-state index contributed by atoms with van der Waals surface area (Å²) < 4.78 is 0. The zero-order chi connectivity index (χ0) is 13.5. The van der Waals surface area contributed by atoms with Crippen molar-refractivity contribution in [3.05, 3.63) is 0 Å². The smallest absolute Gasteiger partial charge is 0.220 e. The summed E-state index contributed by atoms with van der Waals surface area (Å²) in [7, 11) is 0. The molecule has 2 N–H and O–H groups in total. The molecule has 0 radical (unpaired) electrons. The van der Waals surface area contributed by atoms with Crippen LogP contribution in [0, 0.1) is 17.8 Å². The van der Waals surface area contributed by atoms with Crippen LogP contribution in [0.2, 0.25) is 0 Å². The molecule has 1 heterocycles. The third-order valence-corrected chi connectivity index (χ3v) is 4.86. The minimum absolute atomic E-state index is 0. The van der Waals surface area contributed by atoms with Crippen LogP contribution < -0.4 is 10.6 Å². The largest absolute Gasteiger partial charge is 0.356 e. The molecule has 2 fully saturated rings. The third kappa shape index (κ3) is 6.45. The maximum Gasteiger partial charge on any atom is 0.220 e. The maximum atomic E-state index is 11.8. The van der Waals surface area contributed by atoms with Crippen LogP contribution in [0.4, 0.5) is 0 Å². The normalized spacial score (nSPS) is 29.8. The number of nitrogens with one attached hydrogen (secondary N) is 2. The van der Waals surface area contributed by atoms with Gasteiger partial charge >= 0.3 is 0 Å². The number of amides is 1. The number of hydrogen-bond donors (Lipinski definition) is 2. The second kappa shape index (κ2) is 9.62. The highest BCUT2D eigenvalue weighted by atomic mass is 35.5. The van der Waals surface area contributed by atoms with Gasteiger partial charge in [0.05, 0.1) is 0 Å². The molecule has 0 bridgehead atoms. The second-order valence-corrected chi connectivity index (χ2v) is 6.67. The number of carbonyl (C=O) groups excluding carboxylic acids is 1. The average molecular weight is 303 g/mol. The topological polar surface area (TPSA) is 41.1 Å². The van der Waals surface area contributed by atoms with Crippen LogP contribution in [0.5, 0.6) is 0 Å². The molecule has 0 aromatic heterocycles. The molecule has 1 amide bonds. The lowest BCUT2D eigenvalue weighted by Gasteiger charge is -2.26. The van der Waals surface area contributed by atoms with E-state index in [4.69, 9.17) is 0 Å². The molecule has 20 heavy (non-hydrogen) atoms. The van der Waals surface area contributed by atoms with Crippen LogP contribution in [-0.4, -0.2) is 25.5 Å². The van der Waals surface area contributed by atoms with Gasteiger partial charge < -0.3 is 10.6 Å². The molecule has 3 unspecified atom stereocenters. The van der Waals surface area contributed by atoms with Crippen molar-refractivity contribution in [1.29, 1.82) is 0 Å². The van der Waals surface area contributed by atoms with Crippen molar-refractivity contribution in [2.45, 2.75) is 58.3 Å². The molecule has 0 aromatic carbocycles. The molecule has 1 saturated carbocycles. The highest BCUT2D eigenvalue weighted by Gasteiger charge is 2.19. The van der Waals surface area contributed by atoms with E-state index in [1.807, 2.05) is 0 Å². The summed E-state index contributed by atoms with van der Waals surface area (Å²) in [5.41, 5.74) is 0. The Kier molecular flexibility index (Phi) is 8.55. The summed E-state index contributed by atoms with van der Waals surface area (Å²) >= 11 is 0. The number of carbonyl (C=O) groups is 1. The van der Waals surface area contributed by atoms with Crippen LogP contribution in [0.25, 0.3) is 0 Å². The maximum absolute atomic E-state index is 11.8. The van der Waals surface area contributed by atoms with Crippen LogP contribution >= 0.6 is 12.4 Å². The van der Waals surface area contributed by atoms with Crippen molar-refractivity contribution >= 4 is 18.3 Å². The van der Waals surface area contributed by atoms with Crippen LogP contribution in [0.15, 0.2) is 0 Å². The summed E-state index contributed by atoms with van der Waals surface area (Å²) in [4.78, 5) is 11.8. The van der Waals surface area contributed by atoms with E-state index < -0.39 is 0 Å². The lowest BCUT2D eigenvalue weighted by molar-refractivity contribution is -0.121. The molecule has 0 aromatic rings. The third-order valence-electron chi connectivity index (χ3n) is 4.86. The van der Waals surface area contributed by atoms with Crippen LogP contribution in [0.3, 0.4) is 0 Å². The van der Waals surface area contributed by atoms with E-state index in [1.165, 1.54) is 38.5 Å². The van der Waals surface area contributed by atoms with Crippen LogP contribution in [0.1, 0.15) is 58.3 Å². The molecule has 3 nitrogen and oxygen atoms in total.